The summed E-state index contributed by atoms with van der Waals surface area (Å²) in [7, 11) is 0. The molecule has 8 nitrogen and oxygen atoms in total. The average Bonchev–Trinajstić information content (AvgIpc) is 3.53. The van der Waals surface area contributed by atoms with Gasteiger partial charge in [-0.15, -0.1) is 0 Å². The minimum absolute atomic E-state index is 0.0964. The third-order valence-electron chi connectivity index (χ3n) is 5.60. The molecule has 5 aromatic rings. The lowest BCUT2D eigenvalue weighted by atomic mass is 10.0. The zero-order chi connectivity index (χ0) is 23.3. The molecule has 5 rings (SSSR count). The molecule has 8 heteroatoms. The Bertz CT molecular complexity index is 1480. The Morgan fingerprint density at radius 1 is 1.12 bits per heavy atom. The van der Waals surface area contributed by atoms with E-state index in [4.69, 9.17) is 0 Å². The first-order valence-corrected chi connectivity index (χ1v) is 10.8. The lowest BCUT2D eigenvalue weighted by molar-refractivity contribution is -0.115. The Kier molecular flexibility index (Phi) is 5.82. The third-order valence-corrected chi connectivity index (χ3v) is 5.60. The smallest absolute Gasteiger partial charge is 0.228 e. The first kappa shape index (κ1) is 21.1. The number of rotatable bonds is 7. The van der Waals surface area contributed by atoms with E-state index in [0.29, 0.717) is 12.1 Å². The third kappa shape index (κ3) is 4.40. The summed E-state index contributed by atoms with van der Waals surface area (Å²) in [4.78, 5) is 24.3. The predicted molar refractivity (Wildman–Crippen MR) is 129 cm³/mol. The lowest BCUT2D eigenvalue weighted by Gasteiger charge is -2.16. The van der Waals surface area contributed by atoms with Crippen molar-refractivity contribution in [3.63, 3.8) is 0 Å². The van der Waals surface area contributed by atoms with Crippen LogP contribution in [0.3, 0.4) is 0 Å². The van der Waals surface area contributed by atoms with Crippen molar-refractivity contribution < 1.29 is 4.79 Å². The van der Waals surface area contributed by atoms with Crippen molar-refractivity contribution in [2.45, 2.75) is 18.9 Å². The molecular formula is C26H21N7O. The van der Waals surface area contributed by atoms with Gasteiger partial charge >= 0.3 is 0 Å². The fraction of sp³-hybridized carbons (Fsp3) is 0.115. The number of nitrogens with zero attached hydrogens (tertiary/aromatic N) is 5. The van der Waals surface area contributed by atoms with E-state index in [1.807, 2.05) is 73.1 Å². The monoisotopic (exact) mass is 447 g/mol. The topological polar surface area (TPSA) is 112 Å². The van der Waals surface area contributed by atoms with Gasteiger partial charge in [0.05, 0.1) is 36.8 Å². The van der Waals surface area contributed by atoms with Crippen molar-refractivity contribution in [1.82, 2.24) is 24.7 Å². The molecule has 3 heterocycles. The largest absolute Gasteiger partial charge is 0.346 e. The summed E-state index contributed by atoms with van der Waals surface area (Å²) in [6, 6.07) is 21.0. The highest BCUT2D eigenvalue weighted by Crippen LogP contribution is 2.28. The molecule has 166 valence electrons. The molecule has 34 heavy (non-hydrogen) atoms. The van der Waals surface area contributed by atoms with Crippen molar-refractivity contribution in [3.05, 3.63) is 96.7 Å². The normalized spacial score (nSPS) is 11.7. The van der Waals surface area contributed by atoms with Crippen molar-refractivity contribution in [2.75, 3.05) is 5.32 Å². The number of carbonyl (C=O) groups excluding carboxylic acids is 1. The van der Waals surface area contributed by atoms with Crippen LogP contribution in [0.15, 0.2) is 85.6 Å². The molecule has 3 aromatic heterocycles. The van der Waals surface area contributed by atoms with Crippen LogP contribution in [0.4, 0.5) is 5.69 Å². The number of nitriles is 1. The molecular weight excluding hydrogens is 426 g/mol. The van der Waals surface area contributed by atoms with Crippen LogP contribution in [0.2, 0.25) is 0 Å². The number of benzene rings is 2. The summed E-state index contributed by atoms with van der Waals surface area (Å²) in [6.45, 7) is 0. The van der Waals surface area contributed by atoms with E-state index in [9.17, 15) is 10.1 Å². The molecule has 0 saturated heterocycles. The molecule has 0 aliphatic rings. The molecule has 0 aliphatic carbocycles. The highest BCUT2D eigenvalue weighted by Gasteiger charge is 2.18. The van der Waals surface area contributed by atoms with E-state index in [2.05, 4.69) is 31.4 Å². The standard InChI is InChI=1S/C26H21N7O/c27-11-9-23(33-16-20(15-31-33)25-22-10-12-28-26(22)30-17-29-25)19-7-4-8-21(14-19)32-24(34)13-18-5-2-1-3-6-18/h1-8,10,12,14-17,23H,9,13H2,(H,32,34)(H,28,29,30). The van der Waals surface area contributed by atoms with Crippen molar-refractivity contribution in [3.8, 4) is 17.3 Å². The van der Waals surface area contributed by atoms with E-state index in [0.717, 1.165) is 33.4 Å². The van der Waals surface area contributed by atoms with Crippen LogP contribution in [0, 0.1) is 11.3 Å². The Morgan fingerprint density at radius 3 is 2.85 bits per heavy atom. The van der Waals surface area contributed by atoms with Crippen LogP contribution in [0.25, 0.3) is 22.3 Å². The number of aromatic amines is 1. The molecule has 0 bridgehead atoms. The van der Waals surface area contributed by atoms with Crippen molar-refractivity contribution >= 4 is 22.6 Å². The second-order valence-electron chi connectivity index (χ2n) is 7.89. The number of aromatic nitrogens is 5. The zero-order valence-electron chi connectivity index (χ0n) is 18.2. The minimum atomic E-state index is -0.312. The van der Waals surface area contributed by atoms with Gasteiger partial charge in [-0.1, -0.05) is 42.5 Å². The van der Waals surface area contributed by atoms with Crippen LogP contribution in [0.5, 0.6) is 0 Å². The second kappa shape index (κ2) is 9.38. The van der Waals surface area contributed by atoms with Crippen LogP contribution in [-0.2, 0) is 11.2 Å². The van der Waals surface area contributed by atoms with E-state index in [1.165, 1.54) is 6.33 Å². The van der Waals surface area contributed by atoms with Crippen molar-refractivity contribution in [2.24, 2.45) is 0 Å². The first-order valence-electron chi connectivity index (χ1n) is 10.8. The Morgan fingerprint density at radius 2 is 2.00 bits per heavy atom. The maximum atomic E-state index is 12.5. The lowest BCUT2D eigenvalue weighted by Crippen LogP contribution is -2.15. The molecule has 1 unspecified atom stereocenters. The van der Waals surface area contributed by atoms with Gasteiger partial charge in [0, 0.05) is 29.0 Å². The number of hydrogen-bond acceptors (Lipinski definition) is 5. The van der Waals surface area contributed by atoms with E-state index in [-0.39, 0.29) is 18.4 Å². The summed E-state index contributed by atoms with van der Waals surface area (Å²) < 4.78 is 1.77. The maximum Gasteiger partial charge on any atom is 0.228 e. The number of anilines is 1. The molecule has 2 aromatic carbocycles. The van der Waals surface area contributed by atoms with Gasteiger partial charge < -0.3 is 10.3 Å². The van der Waals surface area contributed by atoms with Gasteiger partial charge in [0.2, 0.25) is 5.91 Å². The highest BCUT2D eigenvalue weighted by molar-refractivity contribution is 5.92. The first-order chi connectivity index (χ1) is 16.7. The van der Waals surface area contributed by atoms with Gasteiger partial charge in [0.25, 0.3) is 0 Å². The number of H-pyrrole nitrogens is 1. The average molecular weight is 448 g/mol. The van der Waals surface area contributed by atoms with Crippen LogP contribution < -0.4 is 5.32 Å². The summed E-state index contributed by atoms with van der Waals surface area (Å²) in [5, 5.41) is 17.9. The van der Waals surface area contributed by atoms with Gasteiger partial charge in [-0.3, -0.25) is 9.48 Å². The summed E-state index contributed by atoms with van der Waals surface area (Å²) in [6.07, 6.45) is 7.49. The minimum Gasteiger partial charge on any atom is -0.346 e. The maximum absolute atomic E-state index is 12.5. The SMILES string of the molecule is N#CCC(c1cccc(NC(=O)Cc2ccccc2)c1)n1cc(-c2ncnc3[nH]ccc23)cn1. The number of fused-ring (bicyclic) bond motifs is 1. The number of amides is 1. The summed E-state index contributed by atoms with van der Waals surface area (Å²) in [5.41, 5.74) is 4.87. The summed E-state index contributed by atoms with van der Waals surface area (Å²) in [5.74, 6) is -0.0964. The van der Waals surface area contributed by atoms with E-state index < -0.39 is 0 Å². The van der Waals surface area contributed by atoms with Crippen LogP contribution in [-0.4, -0.2) is 30.6 Å². The van der Waals surface area contributed by atoms with Gasteiger partial charge in [0.15, 0.2) is 0 Å². The molecule has 0 fully saturated rings. The Labute approximate surface area is 195 Å². The number of carbonyl (C=O) groups is 1. The molecule has 0 saturated carbocycles. The number of nitrogens with one attached hydrogen (secondary N) is 2. The molecule has 2 N–H and O–H groups in total. The fourth-order valence-corrected chi connectivity index (χ4v) is 3.99. The van der Waals surface area contributed by atoms with Crippen LogP contribution in [0.1, 0.15) is 23.6 Å². The Balaban J connectivity index is 1.39. The van der Waals surface area contributed by atoms with Crippen molar-refractivity contribution in [1.29, 1.82) is 5.26 Å². The molecule has 0 radical (unpaired) electrons. The van der Waals surface area contributed by atoms with E-state index in [1.54, 1.807) is 10.9 Å². The zero-order valence-corrected chi connectivity index (χ0v) is 18.2. The Hall–Kier alpha value is -4.77. The van der Waals surface area contributed by atoms with Gasteiger partial charge in [-0.25, -0.2) is 9.97 Å². The van der Waals surface area contributed by atoms with Gasteiger partial charge in [-0.05, 0) is 29.3 Å². The predicted octanol–water partition coefficient (Wildman–Crippen LogP) is 4.51. The quantitative estimate of drug-likeness (QED) is 0.381. The van der Waals surface area contributed by atoms with E-state index >= 15 is 0 Å². The summed E-state index contributed by atoms with van der Waals surface area (Å²) >= 11 is 0. The van der Waals surface area contributed by atoms with Crippen LogP contribution >= 0.6 is 0 Å². The molecule has 0 aliphatic heterocycles. The fourth-order valence-electron chi connectivity index (χ4n) is 3.99. The highest BCUT2D eigenvalue weighted by atomic mass is 16.1. The molecule has 1 atom stereocenters. The van der Waals surface area contributed by atoms with Gasteiger partial charge in [-0.2, -0.15) is 10.4 Å². The number of hydrogen-bond donors (Lipinski definition) is 2. The van der Waals surface area contributed by atoms with Gasteiger partial charge in [0.1, 0.15) is 12.0 Å². The second-order valence-corrected chi connectivity index (χ2v) is 7.89. The molecule has 1 amide bonds. The molecule has 0 spiro atoms.